The highest BCUT2D eigenvalue weighted by Gasteiger charge is 2.09. The van der Waals surface area contributed by atoms with E-state index in [0.29, 0.717) is 0 Å². The van der Waals surface area contributed by atoms with Crippen LogP contribution in [0.2, 0.25) is 0 Å². The van der Waals surface area contributed by atoms with Gasteiger partial charge < -0.3 is 10.2 Å². The Morgan fingerprint density at radius 1 is 1.19 bits per heavy atom. The Labute approximate surface area is 101 Å². The molecule has 0 saturated carbocycles. The predicted molar refractivity (Wildman–Crippen MR) is 67.0 cm³/mol. The molecule has 0 aromatic heterocycles. The minimum atomic E-state index is -0.745. The normalized spacial score (nSPS) is 11.2. The number of rotatable bonds is 7. The molecule has 0 aromatic rings. The number of unbranched alkanes of at least 4 members (excludes halogenated alkanes) is 2. The van der Waals surface area contributed by atoms with E-state index in [-0.39, 0.29) is 11.7 Å². The van der Waals surface area contributed by atoms with Crippen LogP contribution in [0.5, 0.6) is 0 Å². The van der Waals surface area contributed by atoms with Crippen molar-refractivity contribution in [3.63, 3.8) is 0 Å². The van der Waals surface area contributed by atoms with Crippen molar-refractivity contribution in [2.75, 3.05) is 5.75 Å². The fraction of sp³-hybridized carbons (Fsp3) is 0.818. The fourth-order valence-corrected chi connectivity index (χ4v) is 1.55. The van der Waals surface area contributed by atoms with Crippen LogP contribution < -0.4 is 0 Å². The molecule has 0 aromatic carbocycles. The zero-order chi connectivity index (χ0) is 13.0. The number of carboxylic acids is 2. The molecule has 0 radical (unpaired) electrons. The van der Waals surface area contributed by atoms with Gasteiger partial charge in [-0.2, -0.15) is 0 Å². The number of carboxylic acid groups (broad SMARTS) is 2. The maximum Gasteiger partial charge on any atom is 0.316 e. The number of aliphatic carboxylic acids is 2. The van der Waals surface area contributed by atoms with Gasteiger partial charge in [0.1, 0.15) is 0 Å². The fourth-order valence-electron chi connectivity index (χ4n) is 0.683. The van der Waals surface area contributed by atoms with Gasteiger partial charge in [-0.25, -0.2) is 0 Å². The van der Waals surface area contributed by atoms with E-state index < -0.39 is 11.9 Å². The first-order valence-corrected chi connectivity index (χ1v) is 6.56. The lowest BCUT2D eigenvalue weighted by Crippen LogP contribution is -2.11. The molecule has 2 N–H and O–H groups in total. The van der Waals surface area contributed by atoms with Gasteiger partial charge in [0.2, 0.25) is 0 Å². The molecule has 16 heavy (non-hydrogen) atoms. The Morgan fingerprint density at radius 2 is 1.69 bits per heavy atom. The molecule has 0 fully saturated rings. The van der Waals surface area contributed by atoms with Crippen molar-refractivity contribution in [3.8, 4) is 0 Å². The second kappa shape index (κ2) is 12.4. The Morgan fingerprint density at radius 3 is 2.00 bits per heavy atom. The van der Waals surface area contributed by atoms with E-state index in [4.69, 9.17) is 10.2 Å². The summed E-state index contributed by atoms with van der Waals surface area (Å²) in [6.45, 7) is 5.48. The van der Waals surface area contributed by atoms with Crippen LogP contribution in [0, 0.1) is 0 Å². The van der Waals surface area contributed by atoms with E-state index in [2.05, 4.69) is 6.92 Å². The van der Waals surface area contributed by atoms with Crippen molar-refractivity contribution in [1.29, 1.82) is 0 Å². The van der Waals surface area contributed by atoms with Gasteiger partial charge in [0.05, 0.1) is 5.25 Å². The lowest BCUT2D eigenvalue weighted by molar-refractivity contribution is -0.137. The summed E-state index contributed by atoms with van der Waals surface area (Å²) < 4.78 is 0. The average molecular weight is 250 g/mol. The molecule has 0 bridgehead atoms. The highest BCUT2D eigenvalue weighted by atomic mass is 32.2. The molecule has 0 heterocycles. The van der Waals surface area contributed by atoms with Crippen LogP contribution in [-0.4, -0.2) is 33.2 Å². The quantitative estimate of drug-likeness (QED) is 0.680. The summed E-state index contributed by atoms with van der Waals surface area (Å²) in [5.41, 5.74) is 0. The van der Waals surface area contributed by atoms with E-state index in [1.54, 1.807) is 13.8 Å². The monoisotopic (exact) mass is 250 g/mol. The van der Waals surface area contributed by atoms with Crippen LogP contribution in [0.1, 0.15) is 46.5 Å². The van der Waals surface area contributed by atoms with Crippen LogP contribution in [0.25, 0.3) is 0 Å². The smallest absolute Gasteiger partial charge is 0.316 e. The first kappa shape index (κ1) is 17.7. The van der Waals surface area contributed by atoms with E-state index in [1.807, 2.05) is 0 Å². The van der Waals surface area contributed by atoms with Crippen LogP contribution in [0.3, 0.4) is 0 Å². The summed E-state index contributed by atoms with van der Waals surface area (Å²) in [5.74, 6) is -0.474. The Kier molecular flexibility index (Phi) is 13.7. The Hall–Kier alpha value is -0.710. The third-order valence-corrected chi connectivity index (χ3v) is 2.99. The van der Waals surface area contributed by atoms with Crippen molar-refractivity contribution in [1.82, 2.24) is 0 Å². The first-order valence-electron chi connectivity index (χ1n) is 5.51. The lowest BCUT2D eigenvalue weighted by Gasteiger charge is -2.04. The Bertz CT molecular complexity index is 194. The molecule has 4 nitrogen and oxygen atoms in total. The summed E-state index contributed by atoms with van der Waals surface area (Å²) in [4.78, 5) is 19.7. The van der Waals surface area contributed by atoms with Gasteiger partial charge >= 0.3 is 11.9 Å². The largest absolute Gasteiger partial charge is 0.481 e. The molecule has 5 heteroatoms. The van der Waals surface area contributed by atoms with Gasteiger partial charge in [0, 0.05) is 6.42 Å². The van der Waals surface area contributed by atoms with Gasteiger partial charge in [0.15, 0.2) is 0 Å². The third-order valence-electron chi connectivity index (χ3n) is 1.77. The molecule has 0 rings (SSSR count). The van der Waals surface area contributed by atoms with E-state index >= 15 is 0 Å². The van der Waals surface area contributed by atoms with Crippen molar-refractivity contribution in [2.45, 2.75) is 51.7 Å². The van der Waals surface area contributed by atoms with Gasteiger partial charge in [-0.15, -0.1) is 11.8 Å². The molecule has 0 spiro atoms. The summed E-state index contributed by atoms with van der Waals surface area (Å²) >= 11 is 1.52. The molecule has 0 aliphatic rings. The van der Waals surface area contributed by atoms with Gasteiger partial charge in [0.25, 0.3) is 0 Å². The zero-order valence-electron chi connectivity index (χ0n) is 10.2. The molecule has 96 valence electrons. The number of carbonyl (C=O) groups is 2. The molecule has 0 aliphatic carbocycles. The first-order chi connectivity index (χ1) is 7.45. The summed E-state index contributed by atoms with van der Waals surface area (Å²) in [6.07, 6.45) is 3.76. The van der Waals surface area contributed by atoms with Crippen LogP contribution in [0.4, 0.5) is 0 Å². The van der Waals surface area contributed by atoms with Crippen molar-refractivity contribution in [3.05, 3.63) is 0 Å². The van der Waals surface area contributed by atoms with Gasteiger partial charge in [-0.3, -0.25) is 9.59 Å². The van der Waals surface area contributed by atoms with E-state index in [1.165, 1.54) is 24.6 Å². The topological polar surface area (TPSA) is 74.6 Å². The second-order valence-electron chi connectivity index (χ2n) is 3.31. The zero-order valence-corrected chi connectivity index (χ0v) is 11.0. The van der Waals surface area contributed by atoms with Gasteiger partial charge in [-0.05, 0) is 19.1 Å². The maximum absolute atomic E-state index is 10.3. The lowest BCUT2D eigenvalue weighted by atomic mass is 10.3. The number of hydrogen-bond acceptors (Lipinski definition) is 3. The molecule has 0 amide bonds. The van der Waals surface area contributed by atoms with E-state index in [0.717, 1.165) is 12.2 Å². The summed E-state index contributed by atoms with van der Waals surface area (Å²) in [5, 5.41) is 16.0. The summed E-state index contributed by atoms with van der Waals surface area (Å²) in [7, 11) is 0. The molecular weight excluding hydrogens is 228 g/mol. The van der Waals surface area contributed by atoms with Crippen LogP contribution >= 0.6 is 11.8 Å². The van der Waals surface area contributed by atoms with Crippen molar-refractivity contribution >= 4 is 23.7 Å². The number of thioether (sulfide) groups is 1. The average Bonchev–Trinajstić information content (AvgIpc) is 2.24. The van der Waals surface area contributed by atoms with Crippen molar-refractivity contribution < 1.29 is 19.8 Å². The molecular formula is C11H22O4S. The van der Waals surface area contributed by atoms with E-state index in [9.17, 15) is 9.59 Å². The summed E-state index contributed by atoms with van der Waals surface area (Å²) in [6, 6.07) is 0. The SMILES string of the molecule is CCC(=O)O.CCCCCSC(C)C(=O)O. The third kappa shape index (κ3) is 15.7. The molecule has 0 aliphatic heterocycles. The molecule has 1 unspecified atom stereocenters. The van der Waals surface area contributed by atoms with Crippen molar-refractivity contribution in [2.24, 2.45) is 0 Å². The minimum Gasteiger partial charge on any atom is -0.481 e. The predicted octanol–water partition coefficient (Wildman–Crippen LogP) is 2.86. The maximum atomic E-state index is 10.3. The molecule has 1 atom stereocenters. The highest BCUT2D eigenvalue weighted by molar-refractivity contribution is 8.00. The standard InChI is InChI=1S/C8H16O2S.C3H6O2/c1-3-4-5-6-11-7(2)8(9)10;1-2-3(4)5/h7H,3-6H2,1-2H3,(H,9,10);2H2,1H3,(H,4,5). The Balaban J connectivity index is 0. The van der Waals surface area contributed by atoms with Crippen LogP contribution in [-0.2, 0) is 9.59 Å². The highest BCUT2D eigenvalue weighted by Crippen LogP contribution is 2.12. The van der Waals surface area contributed by atoms with Gasteiger partial charge in [-0.1, -0.05) is 26.7 Å². The number of hydrogen-bond donors (Lipinski definition) is 2. The molecule has 0 saturated heterocycles. The minimum absolute atomic E-state index is 0.222. The van der Waals surface area contributed by atoms with Crippen LogP contribution in [0.15, 0.2) is 0 Å². The second-order valence-corrected chi connectivity index (χ2v) is 4.75.